The number of carboxylic acids is 1. The first-order chi connectivity index (χ1) is 15.3. The van der Waals surface area contributed by atoms with Crippen LogP contribution >= 0.6 is 15.9 Å². The van der Waals surface area contributed by atoms with Crippen LogP contribution in [0.3, 0.4) is 0 Å². The van der Waals surface area contributed by atoms with Crippen molar-refractivity contribution in [1.82, 2.24) is 9.47 Å². The lowest BCUT2D eigenvalue weighted by molar-refractivity contribution is -0.139. The third-order valence-corrected chi connectivity index (χ3v) is 6.01. The smallest absolute Gasteiger partial charge is 0.416 e. The van der Waals surface area contributed by atoms with Gasteiger partial charge >= 0.3 is 12.1 Å². The number of pyridine rings is 1. The van der Waals surface area contributed by atoms with E-state index >= 15 is 0 Å². The zero-order valence-electron chi connectivity index (χ0n) is 17.0. The number of nitrogens with zero attached hydrogens (tertiary/aromatic N) is 2. The van der Waals surface area contributed by atoms with Crippen LogP contribution in [0, 0.1) is 5.82 Å². The third kappa shape index (κ3) is 5.97. The third-order valence-electron chi connectivity index (χ3n) is 5.52. The maximum atomic E-state index is 14.4. The van der Waals surface area contributed by atoms with E-state index in [0.717, 1.165) is 18.3 Å². The van der Waals surface area contributed by atoms with E-state index in [4.69, 9.17) is 0 Å². The van der Waals surface area contributed by atoms with Crippen molar-refractivity contribution in [3.8, 4) is 0 Å². The lowest BCUT2D eigenvalue weighted by atomic mass is 10.0. The zero-order valence-corrected chi connectivity index (χ0v) is 18.6. The van der Waals surface area contributed by atoms with Gasteiger partial charge in [-0.15, -0.1) is 0 Å². The predicted octanol–water partition coefficient (Wildman–Crippen LogP) is 4.72. The summed E-state index contributed by atoms with van der Waals surface area (Å²) in [5.74, 6) is -5.41. The van der Waals surface area contributed by atoms with Crippen molar-refractivity contribution in [3.63, 3.8) is 0 Å². The minimum atomic E-state index is -4.90. The first kappa shape index (κ1) is 25.3. The number of hydrogen-bond donors (Lipinski definition) is 1. The SMILES string of the molecule is O=C(O)C(c1cc(Br)ccc1F)n1cc(CCN2CCC(F)(F)CC2)c(C(F)(F)F)cc1=O. The van der Waals surface area contributed by atoms with Gasteiger partial charge in [0.25, 0.3) is 11.5 Å². The summed E-state index contributed by atoms with van der Waals surface area (Å²) in [5, 5.41) is 9.68. The molecule has 5 nitrogen and oxygen atoms in total. The Hall–Kier alpha value is -2.34. The van der Waals surface area contributed by atoms with Crippen molar-refractivity contribution in [2.45, 2.75) is 37.4 Å². The molecule has 1 aliphatic heterocycles. The van der Waals surface area contributed by atoms with Gasteiger partial charge in [-0.3, -0.25) is 9.36 Å². The zero-order chi connectivity index (χ0) is 24.6. The Bertz CT molecular complexity index is 1090. The Morgan fingerprint density at radius 3 is 2.39 bits per heavy atom. The second-order valence-corrected chi connectivity index (χ2v) is 8.73. The molecule has 0 saturated carbocycles. The minimum Gasteiger partial charge on any atom is -0.479 e. The normalized spacial score (nSPS) is 17.7. The number of halogens is 7. The average Bonchev–Trinajstić information content (AvgIpc) is 2.70. The van der Waals surface area contributed by atoms with Crippen LogP contribution in [0.2, 0.25) is 0 Å². The maximum absolute atomic E-state index is 14.4. The highest BCUT2D eigenvalue weighted by atomic mass is 79.9. The van der Waals surface area contributed by atoms with Gasteiger partial charge in [0.1, 0.15) is 5.82 Å². The molecular weight excluding hydrogens is 522 g/mol. The van der Waals surface area contributed by atoms with Crippen LogP contribution < -0.4 is 5.56 Å². The number of carboxylic acid groups (broad SMARTS) is 1. The summed E-state index contributed by atoms with van der Waals surface area (Å²) in [6, 6.07) is 1.78. The van der Waals surface area contributed by atoms with Crippen molar-refractivity contribution in [2.24, 2.45) is 0 Å². The van der Waals surface area contributed by atoms with Crippen LogP contribution in [0.15, 0.2) is 39.7 Å². The van der Waals surface area contributed by atoms with Gasteiger partial charge in [0.05, 0.1) is 5.56 Å². The molecule has 33 heavy (non-hydrogen) atoms. The number of aliphatic carboxylic acids is 1. The summed E-state index contributed by atoms with van der Waals surface area (Å²) in [6.07, 6.45) is -5.23. The molecule has 0 spiro atoms. The highest BCUT2D eigenvalue weighted by molar-refractivity contribution is 9.10. The topological polar surface area (TPSA) is 62.5 Å². The van der Waals surface area contributed by atoms with Gasteiger partial charge in [0.2, 0.25) is 0 Å². The van der Waals surface area contributed by atoms with Crippen molar-refractivity contribution in [2.75, 3.05) is 19.6 Å². The number of aromatic nitrogens is 1. The average molecular weight is 541 g/mol. The Kier molecular flexibility index (Phi) is 7.27. The number of rotatable bonds is 6. The molecule has 1 aliphatic rings. The van der Waals surface area contributed by atoms with Gasteiger partial charge in [-0.1, -0.05) is 15.9 Å². The Morgan fingerprint density at radius 1 is 1.18 bits per heavy atom. The van der Waals surface area contributed by atoms with E-state index in [0.29, 0.717) is 9.04 Å². The van der Waals surface area contributed by atoms with Gasteiger partial charge in [0.15, 0.2) is 6.04 Å². The molecule has 12 heteroatoms. The minimum absolute atomic E-state index is 0.000345. The summed E-state index contributed by atoms with van der Waals surface area (Å²) >= 11 is 3.08. The lowest BCUT2D eigenvalue weighted by Crippen LogP contribution is -2.40. The summed E-state index contributed by atoms with van der Waals surface area (Å²) in [6.45, 7) is -0.00959. The lowest BCUT2D eigenvalue weighted by Gasteiger charge is -2.31. The van der Waals surface area contributed by atoms with Crippen LogP contribution in [-0.4, -0.2) is 46.1 Å². The predicted molar refractivity (Wildman–Crippen MR) is 110 cm³/mol. The van der Waals surface area contributed by atoms with E-state index < -0.39 is 59.5 Å². The molecule has 0 aliphatic carbocycles. The summed E-state index contributed by atoms with van der Waals surface area (Å²) in [5.41, 5.74) is -3.32. The number of carbonyl (C=O) groups is 1. The van der Waals surface area contributed by atoms with E-state index in [-0.39, 0.29) is 37.7 Å². The van der Waals surface area contributed by atoms with E-state index in [1.165, 1.54) is 6.07 Å². The summed E-state index contributed by atoms with van der Waals surface area (Å²) in [7, 11) is 0. The second-order valence-electron chi connectivity index (χ2n) is 7.81. The molecule has 1 N–H and O–H groups in total. The Labute approximate surface area is 192 Å². The van der Waals surface area contributed by atoms with Crippen molar-refractivity contribution < 1.29 is 36.2 Å². The number of piperidine rings is 1. The molecule has 1 unspecified atom stereocenters. The van der Waals surface area contributed by atoms with Gasteiger partial charge in [-0.05, 0) is 30.2 Å². The second kappa shape index (κ2) is 9.49. The van der Waals surface area contributed by atoms with Gasteiger partial charge in [-0.2, -0.15) is 13.2 Å². The molecule has 1 saturated heterocycles. The quantitative estimate of drug-likeness (QED) is 0.539. The monoisotopic (exact) mass is 540 g/mol. The Morgan fingerprint density at radius 2 is 1.82 bits per heavy atom. The molecule has 0 amide bonds. The number of alkyl halides is 5. The van der Waals surface area contributed by atoms with Gasteiger partial charge < -0.3 is 10.0 Å². The van der Waals surface area contributed by atoms with Crippen LogP contribution in [-0.2, 0) is 17.4 Å². The number of hydrogen-bond acceptors (Lipinski definition) is 3. The fourth-order valence-electron chi connectivity index (χ4n) is 3.76. The number of likely N-dealkylation sites (tertiary alicyclic amines) is 1. The van der Waals surface area contributed by atoms with Crippen LogP contribution in [0.25, 0.3) is 0 Å². The summed E-state index contributed by atoms with van der Waals surface area (Å²) in [4.78, 5) is 26.0. The van der Waals surface area contributed by atoms with E-state index in [1.54, 1.807) is 4.90 Å². The molecule has 2 aromatic rings. The van der Waals surface area contributed by atoms with E-state index in [2.05, 4.69) is 15.9 Å². The molecule has 1 atom stereocenters. The molecule has 1 aromatic carbocycles. The molecule has 0 bridgehead atoms. The van der Waals surface area contributed by atoms with Gasteiger partial charge in [-0.25, -0.2) is 18.0 Å². The fraction of sp³-hybridized carbons (Fsp3) is 0.429. The molecule has 0 radical (unpaired) electrons. The standard InChI is InChI=1S/C21H19BrF6N2O3/c22-13-1-2-16(23)14(9-13)18(19(32)33)30-11-12(15(10-17(30)31)21(26,27)28)3-6-29-7-4-20(24,25)5-8-29/h1-2,9-11,18H,3-8H2,(H,32,33). The maximum Gasteiger partial charge on any atom is 0.416 e. The molecule has 2 heterocycles. The first-order valence-electron chi connectivity index (χ1n) is 9.89. The molecular formula is C21H19BrF6N2O3. The highest BCUT2D eigenvalue weighted by Crippen LogP contribution is 2.33. The van der Waals surface area contributed by atoms with E-state index in [1.807, 2.05) is 0 Å². The fourth-order valence-corrected chi connectivity index (χ4v) is 4.14. The number of benzene rings is 1. The van der Waals surface area contributed by atoms with Crippen LogP contribution in [0.4, 0.5) is 26.3 Å². The Balaban J connectivity index is 2.01. The van der Waals surface area contributed by atoms with Crippen LogP contribution in [0.5, 0.6) is 0 Å². The molecule has 180 valence electrons. The van der Waals surface area contributed by atoms with Crippen LogP contribution in [0.1, 0.15) is 35.6 Å². The van der Waals surface area contributed by atoms with Crippen molar-refractivity contribution >= 4 is 21.9 Å². The first-order valence-corrected chi connectivity index (χ1v) is 10.7. The largest absolute Gasteiger partial charge is 0.479 e. The van der Waals surface area contributed by atoms with Gasteiger partial charge in [0, 0.05) is 54.8 Å². The molecule has 3 rings (SSSR count). The van der Waals surface area contributed by atoms with E-state index in [9.17, 15) is 41.0 Å². The molecule has 1 fully saturated rings. The highest BCUT2D eigenvalue weighted by Gasteiger charge is 2.37. The molecule has 1 aromatic heterocycles. The summed E-state index contributed by atoms with van der Waals surface area (Å²) < 4.78 is 82.7. The van der Waals surface area contributed by atoms with Crippen molar-refractivity contribution in [3.05, 3.63) is 67.8 Å². The van der Waals surface area contributed by atoms with Crippen molar-refractivity contribution in [1.29, 1.82) is 0 Å².